The monoisotopic (exact) mass is 323 g/mol. The lowest BCUT2D eigenvalue weighted by atomic mass is 10.3. The summed E-state index contributed by atoms with van der Waals surface area (Å²) < 4.78 is 6.66. The Morgan fingerprint density at radius 3 is 2.74 bits per heavy atom. The van der Waals surface area contributed by atoms with Crippen molar-refractivity contribution in [1.82, 2.24) is 9.78 Å². The average Bonchev–Trinajstić information content (AvgIpc) is 3.24. The molecule has 0 amide bonds. The van der Waals surface area contributed by atoms with Gasteiger partial charge in [-0.25, -0.2) is 9.48 Å². The summed E-state index contributed by atoms with van der Waals surface area (Å²) in [7, 11) is 0. The summed E-state index contributed by atoms with van der Waals surface area (Å²) in [5.74, 6) is -0.571. The summed E-state index contributed by atoms with van der Waals surface area (Å²) in [6.07, 6.45) is -0.813. The van der Waals surface area contributed by atoms with Crippen LogP contribution in [-0.2, 0) is 4.74 Å². The van der Waals surface area contributed by atoms with Gasteiger partial charge < -0.3 is 4.74 Å². The number of carbonyl (C=O) groups is 1. The first kappa shape index (κ1) is 15.0. The highest BCUT2D eigenvalue weighted by atomic mass is 32.1. The fourth-order valence-electron chi connectivity index (χ4n) is 2.08. The predicted octanol–water partition coefficient (Wildman–Crippen LogP) is 3.67. The van der Waals surface area contributed by atoms with Crippen LogP contribution in [0, 0.1) is 11.3 Å². The zero-order valence-corrected chi connectivity index (χ0v) is 13.2. The van der Waals surface area contributed by atoms with E-state index in [-0.39, 0.29) is 0 Å². The molecule has 1 atom stereocenters. The van der Waals surface area contributed by atoms with Crippen LogP contribution in [0.5, 0.6) is 0 Å². The lowest BCUT2D eigenvalue weighted by Gasteiger charge is -2.08. The summed E-state index contributed by atoms with van der Waals surface area (Å²) >= 11 is 1.54. The van der Waals surface area contributed by atoms with Crippen LogP contribution in [0.3, 0.4) is 0 Å². The molecule has 0 N–H and O–H groups in total. The first-order chi connectivity index (χ1) is 11.2. The second-order valence-electron chi connectivity index (χ2n) is 4.82. The first-order valence-electron chi connectivity index (χ1n) is 6.99. The third-order valence-corrected chi connectivity index (χ3v) is 4.05. The number of nitriles is 1. The zero-order chi connectivity index (χ0) is 16.2. The number of nitrogens with zero attached hydrogens (tertiary/aromatic N) is 3. The number of aromatic nitrogens is 2. The van der Waals surface area contributed by atoms with E-state index < -0.39 is 12.1 Å². The molecule has 3 rings (SSSR count). The summed E-state index contributed by atoms with van der Waals surface area (Å²) in [6.45, 7) is 1.53. The van der Waals surface area contributed by atoms with Crippen molar-refractivity contribution in [2.45, 2.75) is 13.0 Å². The van der Waals surface area contributed by atoms with E-state index in [1.54, 1.807) is 22.1 Å². The van der Waals surface area contributed by atoms with Crippen molar-refractivity contribution in [3.8, 4) is 22.3 Å². The van der Waals surface area contributed by atoms with E-state index in [1.807, 2.05) is 53.9 Å². The number of thiophene rings is 1. The van der Waals surface area contributed by atoms with Crippen molar-refractivity contribution >= 4 is 17.3 Å². The van der Waals surface area contributed by atoms with Crippen molar-refractivity contribution in [2.75, 3.05) is 0 Å². The molecular weight excluding hydrogens is 310 g/mol. The molecule has 2 heterocycles. The smallest absolute Gasteiger partial charge is 0.358 e. The van der Waals surface area contributed by atoms with E-state index in [9.17, 15) is 4.79 Å². The predicted molar refractivity (Wildman–Crippen MR) is 87.4 cm³/mol. The second-order valence-corrected chi connectivity index (χ2v) is 5.76. The van der Waals surface area contributed by atoms with Crippen LogP contribution in [0.4, 0.5) is 0 Å². The molecule has 114 valence electrons. The average molecular weight is 323 g/mol. The minimum Gasteiger partial charge on any atom is -0.443 e. The topological polar surface area (TPSA) is 67.9 Å². The molecule has 2 aromatic heterocycles. The Labute approximate surface area is 137 Å². The molecule has 0 bridgehead atoms. The molecule has 0 aliphatic carbocycles. The van der Waals surface area contributed by atoms with Crippen molar-refractivity contribution in [3.63, 3.8) is 0 Å². The van der Waals surface area contributed by atoms with E-state index >= 15 is 0 Å². The number of hydrogen-bond donors (Lipinski definition) is 0. The SMILES string of the molecule is C[C@H](C#N)OC(=O)c1cc(-c2cccs2)nn1-c1ccccc1. The Bertz CT molecular complexity index is 848. The fraction of sp³-hybridized carbons (Fsp3) is 0.118. The van der Waals surface area contributed by atoms with Gasteiger partial charge in [-0.05, 0) is 30.5 Å². The van der Waals surface area contributed by atoms with Gasteiger partial charge in [-0.15, -0.1) is 11.3 Å². The largest absolute Gasteiger partial charge is 0.443 e. The van der Waals surface area contributed by atoms with Gasteiger partial charge in [-0.3, -0.25) is 0 Å². The van der Waals surface area contributed by atoms with E-state index in [4.69, 9.17) is 10.00 Å². The van der Waals surface area contributed by atoms with E-state index in [2.05, 4.69) is 5.10 Å². The quantitative estimate of drug-likeness (QED) is 0.687. The molecule has 0 spiro atoms. The van der Waals surface area contributed by atoms with Crippen molar-refractivity contribution in [2.24, 2.45) is 0 Å². The van der Waals surface area contributed by atoms with Crippen molar-refractivity contribution in [3.05, 3.63) is 59.6 Å². The molecule has 0 radical (unpaired) electrons. The van der Waals surface area contributed by atoms with Gasteiger partial charge >= 0.3 is 5.97 Å². The van der Waals surface area contributed by atoms with E-state index in [0.29, 0.717) is 11.4 Å². The standard InChI is InChI=1S/C17H13N3O2S/c1-12(11-18)22-17(21)15-10-14(16-8-5-9-23-16)19-20(15)13-6-3-2-4-7-13/h2-10,12H,1H3/t12-/m1/s1. The maximum absolute atomic E-state index is 12.4. The minimum atomic E-state index is -0.813. The van der Waals surface area contributed by atoms with Gasteiger partial charge in [-0.2, -0.15) is 10.4 Å². The third-order valence-electron chi connectivity index (χ3n) is 3.16. The Morgan fingerprint density at radius 2 is 2.09 bits per heavy atom. The fourth-order valence-corrected chi connectivity index (χ4v) is 2.77. The molecule has 6 heteroatoms. The maximum Gasteiger partial charge on any atom is 0.358 e. The molecule has 0 aliphatic rings. The maximum atomic E-state index is 12.4. The number of rotatable bonds is 4. The van der Waals surface area contributed by atoms with Gasteiger partial charge in [0.1, 0.15) is 11.8 Å². The number of hydrogen-bond acceptors (Lipinski definition) is 5. The van der Waals surface area contributed by atoms with E-state index in [1.165, 1.54) is 6.92 Å². The number of benzene rings is 1. The normalized spacial score (nSPS) is 11.7. The number of para-hydroxylation sites is 1. The van der Waals surface area contributed by atoms with Crippen LogP contribution in [0.25, 0.3) is 16.3 Å². The summed E-state index contributed by atoms with van der Waals surface area (Å²) in [5, 5.41) is 15.3. The van der Waals surface area contributed by atoms with Gasteiger partial charge in [0.2, 0.25) is 0 Å². The van der Waals surface area contributed by atoms with Gasteiger partial charge in [-0.1, -0.05) is 24.3 Å². The van der Waals surface area contributed by atoms with Gasteiger partial charge in [0.15, 0.2) is 11.8 Å². The van der Waals surface area contributed by atoms with Crippen LogP contribution in [0.2, 0.25) is 0 Å². The molecule has 0 unspecified atom stereocenters. The number of esters is 1. The molecular formula is C17H13N3O2S. The molecule has 3 aromatic rings. The number of carbonyl (C=O) groups excluding carboxylic acids is 1. The van der Waals surface area contributed by atoms with Crippen LogP contribution in [0.1, 0.15) is 17.4 Å². The molecule has 0 saturated carbocycles. The molecule has 0 aliphatic heterocycles. The Kier molecular flexibility index (Phi) is 4.22. The first-order valence-corrected chi connectivity index (χ1v) is 7.87. The molecule has 1 aromatic carbocycles. The van der Waals surface area contributed by atoms with Gasteiger partial charge in [0, 0.05) is 6.07 Å². The van der Waals surface area contributed by atoms with Gasteiger partial charge in [0.05, 0.1) is 10.6 Å². The zero-order valence-electron chi connectivity index (χ0n) is 12.3. The third kappa shape index (κ3) is 3.15. The molecule has 5 nitrogen and oxygen atoms in total. The van der Waals surface area contributed by atoms with Gasteiger partial charge in [0.25, 0.3) is 0 Å². The lowest BCUT2D eigenvalue weighted by molar-refractivity contribution is 0.0424. The summed E-state index contributed by atoms with van der Waals surface area (Å²) in [5.41, 5.74) is 1.74. The van der Waals surface area contributed by atoms with Crippen molar-refractivity contribution in [1.29, 1.82) is 5.26 Å². The summed E-state index contributed by atoms with van der Waals surface area (Å²) in [6, 6.07) is 16.8. The molecule has 0 saturated heterocycles. The minimum absolute atomic E-state index is 0.293. The Morgan fingerprint density at radius 1 is 1.30 bits per heavy atom. The Balaban J connectivity index is 2.06. The highest BCUT2D eigenvalue weighted by Gasteiger charge is 2.20. The van der Waals surface area contributed by atoms with E-state index in [0.717, 1.165) is 10.6 Å². The number of ether oxygens (including phenoxy) is 1. The van der Waals surface area contributed by atoms with Crippen LogP contribution < -0.4 is 0 Å². The second kappa shape index (κ2) is 6.46. The lowest BCUT2D eigenvalue weighted by Crippen LogP contribution is -2.16. The molecule has 23 heavy (non-hydrogen) atoms. The van der Waals surface area contributed by atoms with Crippen LogP contribution >= 0.6 is 11.3 Å². The highest BCUT2D eigenvalue weighted by Crippen LogP contribution is 2.26. The van der Waals surface area contributed by atoms with Crippen LogP contribution in [-0.4, -0.2) is 21.9 Å². The van der Waals surface area contributed by atoms with Crippen LogP contribution in [0.15, 0.2) is 53.9 Å². The highest BCUT2D eigenvalue weighted by molar-refractivity contribution is 7.13. The van der Waals surface area contributed by atoms with Crippen molar-refractivity contribution < 1.29 is 9.53 Å². The summed E-state index contributed by atoms with van der Waals surface area (Å²) in [4.78, 5) is 13.3. The molecule has 0 fully saturated rings. The Hall–Kier alpha value is -2.91.